The highest BCUT2D eigenvalue weighted by atomic mass is 19.4. The average molecular weight is 409 g/mol. The van der Waals surface area contributed by atoms with Crippen LogP contribution in [0.1, 0.15) is 24.5 Å². The number of rotatable bonds is 2. The minimum atomic E-state index is -5.02. The van der Waals surface area contributed by atoms with E-state index < -0.39 is 23.5 Å². The first-order chi connectivity index (χ1) is 13.6. The molecule has 0 saturated heterocycles. The van der Waals surface area contributed by atoms with Crippen molar-refractivity contribution in [2.75, 3.05) is 13.7 Å². The molecule has 1 aromatic rings. The van der Waals surface area contributed by atoms with Crippen molar-refractivity contribution in [1.29, 1.82) is 0 Å². The second-order valence-electron chi connectivity index (χ2n) is 6.84. The molecule has 0 N–H and O–H groups in total. The maximum atomic E-state index is 13.0. The first kappa shape index (κ1) is 20.6. The highest BCUT2D eigenvalue weighted by molar-refractivity contribution is 6.00. The number of carbonyl (C=O) groups excluding carboxylic acids is 3. The van der Waals surface area contributed by atoms with Crippen molar-refractivity contribution >= 4 is 17.7 Å². The predicted molar refractivity (Wildman–Crippen MR) is 95.4 cm³/mol. The minimum absolute atomic E-state index is 0.0371. The molecule has 0 aromatic heterocycles. The lowest BCUT2D eigenvalue weighted by molar-refractivity contribution is -0.186. The number of methoxy groups -OCH3 is 1. The number of halogens is 3. The van der Waals surface area contributed by atoms with E-state index in [1.807, 2.05) is 0 Å². The summed E-state index contributed by atoms with van der Waals surface area (Å²) in [5.74, 6) is -2.57. The van der Waals surface area contributed by atoms with Gasteiger partial charge in [0.05, 0.1) is 7.11 Å². The predicted octanol–water partition coefficient (Wildman–Crippen LogP) is 2.85. The van der Waals surface area contributed by atoms with Crippen molar-refractivity contribution in [2.24, 2.45) is 0 Å². The zero-order valence-electron chi connectivity index (χ0n) is 15.7. The number of hydrogen-bond donors (Lipinski definition) is 0. The number of alkyl halides is 3. The molecule has 0 fully saturated rings. The van der Waals surface area contributed by atoms with Crippen molar-refractivity contribution in [1.82, 2.24) is 4.90 Å². The number of nitrogens with zero attached hydrogens (tertiary/aromatic N) is 1. The number of ether oxygens (including phenoxy) is 2. The molecule has 1 aliphatic carbocycles. The highest BCUT2D eigenvalue weighted by Gasteiger charge is 2.45. The van der Waals surface area contributed by atoms with Gasteiger partial charge in [0.25, 0.3) is 0 Å². The number of esters is 1. The van der Waals surface area contributed by atoms with Gasteiger partial charge in [-0.3, -0.25) is 14.4 Å². The monoisotopic (exact) mass is 409 g/mol. The fourth-order valence-corrected chi connectivity index (χ4v) is 3.57. The van der Waals surface area contributed by atoms with Crippen molar-refractivity contribution in [3.05, 3.63) is 47.6 Å². The number of hydrogen-bond acceptors (Lipinski definition) is 5. The van der Waals surface area contributed by atoms with E-state index in [-0.39, 0.29) is 36.8 Å². The first-order valence-electron chi connectivity index (χ1n) is 8.74. The summed E-state index contributed by atoms with van der Waals surface area (Å²) in [7, 11) is 1.37. The van der Waals surface area contributed by atoms with Crippen LogP contribution in [0.2, 0.25) is 0 Å². The Morgan fingerprint density at radius 1 is 1.14 bits per heavy atom. The van der Waals surface area contributed by atoms with Gasteiger partial charge in [-0.05, 0) is 41.8 Å². The smallest absolute Gasteiger partial charge is 0.471 e. The summed E-state index contributed by atoms with van der Waals surface area (Å²) in [5, 5.41) is 0. The van der Waals surface area contributed by atoms with E-state index >= 15 is 0 Å². The second kappa shape index (κ2) is 7.38. The fraction of sp³-hybridized carbons (Fsp3) is 0.350. The molecule has 9 heteroatoms. The van der Waals surface area contributed by atoms with Crippen LogP contribution in [0.15, 0.2) is 36.4 Å². The van der Waals surface area contributed by atoms with Gasteiger partial charge in [-0.2, -0.15) is 13.2 Å². The summed E-state index contributed by atoms with van der Waals surface area (Å²) in [6.45, 7) is 0.675. The molecule has 2 aliphatic rings. The summed E-state index contributed by atoms with van der Waals surface area (Å²) in [4.78, 5) is 35.6. The Kier molecular flexibility index (Phi) is 5.25. The van der Waals surface area contributed by atoms with Gasteiger partial charge >= 0.3 is 18.1 Å². The lowest BCUT2D eigenvalue weighted by Gasteiger charge is -2.30. The van der Waals surface area contributed by atoms with Gasteiger partial charge in [-0.1, -0.05) is 12.2 Å². The molecular weight excluding hydrogens is 391 g/mol. The van der Waals surface area contributed by atoms with E-state index in [0.717, 1.165) is 0 Å². The molecule has 1 heterocycles. The Hall–Kier alpha value is -3.10. The molecule has 3 rings (SSSR count). The SMILES string of the molecule is COc1cc2c(cc1OC(C)=O)CN(C(=O)C(F)(F)F)CCC21C=CC(=O)C=C1. The van der Waals surface area contributed by atoms with Gasteiger partial charge in [-0.15, -0.1) is 0 Å². The van der Waals surface area contributed by atoms with E-state index in [4.69, 9.17) is 9.47 Å². The Bertz CT molecular complexity index is 917. The number of ketones is 1. The maximum Gasteiger partial charge on any atom is 0.471 e. The standard InChI is InChI=1S/C20H18F3NO5/c1-12(25)29-17-9-13-11-24(18(27)20(21,22)23)8-7-19(5-3-14(26)4-6-19)15(13)10-16(17)28-2/h3-6,9-10H,7-8,11H2,1-2H3. The number of benzene rings is 1. The zero-order valence-corrected chi connectivity index (χ0v) is 15.7. The third kappa shape index (κ3) is 4.03. The number of fused-ring (bicyclic) bond motifs is 2. The third-order valence-corrected chi connectivity index (χ3v) is 4.92. The van der Waals surface area contributed by atoms with E-state index in [0.29, 0.717) is 16.0 Å². The molecule has 1 aromatic carbocycles. The molecule has 0 saturated carbocycles. The zero-order chi connectivity index (χ0) is 21.4. The topological polar surface area (TPSA) is 72.9 Å². The number of amides is 1. The lowest BCUT2D eigenvalue weighted by Crippen LogP contribution is -2.41. The quantitative estimate of drug-likeness (QED) is 0.555. The van der Waals surface area contributed by atoms with Crippen LogP contribution < -0.4 is 9.47 Å². The van der Waals surface area contributed by atoms with Gasteiger partial charge in [-0.25, -0.2) is 0 Å². The molecule has 0 radical (unpaired) electrons. The third-order valence-electron chi connectivity index (χ3n) is 4.92. The molecular formula is C20H18F3NO5. The summed E-state index contributed by atoms with van der Waals surface area (Å²) in [6.07, 6.45) is 1.03. The molecule has 6 nitrogen and oxygen atoms in total. The van der Waals surface area contributed by atoms with E-state index in [9.17, 15) is 27.6 Å². The van der Waals surface area contributed by atoms with Crippen LogP contribution in [0.5, 0.6) is 11.5 Å². The first-order valence-corrected chi connectivity index (χ1v) is 8.74. The van der Waals surface area contributed by atoms with Crippen molar-refractivity contribution in [2.45, 2.75) is 31.5 Å². The van der Waals surface area contributed by atoms with Gasteiger partial charge < -0.3 is 14.4 Å². The van der Waals surface area contributed by atoms with E-state index in [2.05, 4.69) is 0 Å². The molecule has 1 amide bonds. The van der Waals surface area contributed by atoms with Gasteiger partial charge in [0.2, 0.25) is 0 Å². The Morgan fingerprint density at radius 3 is 2.34 bits per heavy atom. The normalized spacial score (nSPS) is 17.7. The van der Waals surface area contributed by atoms with Gasteiger partial charge in [0.15, 0.2) is 17.3 Å². The molecule has 0 atom stereocenters. The summed E-state index contributed by atoms with van der Waals surface area (Å²) in [6, 6.07) is 2.97. The summed E-state index contributed by atoms with van der Waals surface area (Å²) < 4.78 is 49.5. The maximum absolute atomic E-state index is 13.0. The van der Waals surface area contributed by atoms with E-state index in [1.165, 1.54) is 32.3 Å². The highest BCUT2D eigenvalue weighted by Crippen LogP contribution is 2.44. The summed E-state index contributed by atoms with van der Waals surface area (Å²) in [5.41, 5.74) is 0.0369. The van der Waals surface area contributed by atoms with Crippen LogP contribution in [0.3, 0.4) is 0 Å². The summed E-state index contributed by atoms with van der Waals surface area (Å²) >= 11 is 0. The molecule has 154 valence electrons. The Balaban J connectivity index is 2.16. The lowest BCUT2D eigenvalue weighted by atomic mass is 9.73. The number of allylic oxidation sites excluding steroid dienone is 4. The molecule has 0 bridgehead atoms. The van der Waals surface area contributed by atoms with Crippen LogP contribution in [0.25, 0.3) is 0 Å². The van der Waals surface area contributed by atoms with Crippen LogP contribution in [0, 0.1) is 0 Å². The van der Waals surface area contributed by atoms with Gasteiger partial charge in [0.1, 0.15) is 0 Å². The fourth-order valence-electron chi connectivity index (χ4n) is 3.57. The van der Waals surface area contributed by atoms with Crippen molar-refractivity contribution in [3.63, 3.8) is 0 Å². The van der Waals surface area contributed by atoms with Gasteiger partial charge in [0, 0.05) is 25.4 Å². The minimum Gasteiger partial charge on any atom is -0.493 e. The van der Waals surface area contributed by atoms with Crippen molar-refractivity contribution < 1.29 is 37.0 Å². The molecule has 0 unspecified atom stereocenters. The average Bonchev–Trinajstić information content (AvgIpc) is 2.79. The molecule has 29 heavy (non-hydrogen) atoms. The number of carbonyl (C=O) groups is 3. The molecule has 1 spiro atoms. The largest absolute Gasteiger partial charge is 0.493 e. The van der Waals surface area contributed by atoms with Crippen LogP contribution in [0.4, 0.5) is 13.2 Å². The molecule has 1 aliphatic heterocycles. The Labute approximate surface area is 164 Å². The van der Waals surface area contributed by atoms with E-state index in [1.54, 1.807) is 18.2 Å². The van der Waals surface area contributed by atoms with Crippen LogP contribution >= 0.6 is 0 Å². The second-order valence-corrected chi connectivity index (χ2v) is 6.84. The van der Waals surface area contributed by atoms with Crippen molar-refractivity contribution in [3.8, 4) is 11.5 Å². The van der Waals surface area contributed by atoms with Crippen LogP contribution in [-0.4, -0.2) is 42.4 Å². The van der Waals surface area contributed by atoms with Crippen LogP contribution in [-0.2, 0) is 26.3 Å². The Morgan fingerprint density at radius 2 is 1.79 bits per heavy atom.